The van der Waals surface area contributed by atoms with Crippen LogP contribution in [0.2, 0.25) is 0 Å². The minimum Gasteiger partial charge on any atom is -0.479 e. The molecule has 1 fully saturated rings. The predicted octanol–water partition coefficient (Wildman–Crippen LogP) is 3.59. The Hall–Kier alpha value is -2.22. The van der Waals surface area contributed by atoms with E-state index in [2.05, 4.69) is 4.98 Å². The number of aliphatic carboxylic acids is 1. The van der Waals surface area contributed by atoms with Gasteiger partial charge in [-0.25, -0.2) is 9.78 Å². The molecular formula is C21H27NO6. The first kappa shape index (κ1) is 20.5. The molecule has 0 spiro atoms. The smallest absolute Gasteiger partial charge is 0.335 e. The minimum atomic E-state index is -1.01. The van der Waals surface area contributed by atoms with Gasteiger partial charge < -0.3 is 23.7 Å². The van der Waals surface area contributed by atoms with Crippen LogP contribution in [-0.2, 0) is 25.6 Å². The summed E-state index contributed by atoms with van der Waals surface area (Å²) in [6.45, 7) is 2.32. The number of hydrogen-bond donors (Lipinski definition) is 1. The molecule has 2 aromatic rings. The molecule has 1 N–H and O–H groups in total. The minimum absolute atomic E-state index is 0.0194. The normalized spacial score (nSPS) is 20.8. The van der Waals surface area contributed by atoms with Crippen molar-refractivity contribution in [3.8, 4) is 11.5 Å². The quantitative estimate of drug-likeness (QED) is 0.701. The summed E-state index contributed by atoms with van der Waals surface area (Å²) in [4.78, 5) is 15.6. The Labute approximate surface area is 164 Å². The van der Waals surface area contributed by atoms with Gasteiger partial charge in [0, 0.05) is 12.7 Å². The lowest BCUT2D eigenvalue weighted by atomic mass is 9.95. The van der Waals surface area contributed by atoms with E-state index in [1.807, 2.05) is 37.3 Å². The molecule has 1 heterocycles. The zero-order chi connectivity index (χ0) is 19.9. The highest BCUT2D eigenvalue weighted by atomic mass is 16.5. The van der Waals surface area contributed by atoms with E-state index in [0.717, 1.165) is 42.7 Å². The number of aromatic nitrogens is 1. The van der Waals surface area contributed by atoms with E-state index in [9.17, 15) is 4.79 Å². The van der Waals surface area contributed by atoms with Crippen LogP contribution in [-0.4, -0.2) is 48.1 Å². The van der Waals surface area contributed by atoms with E-state index in [0.29, 0.717) is 12.5 Å². The van der Waals surface area contributed by atoms with Gasteiger partial charge in [-0.05, 0) is 44.7 Å². The number of hydrogen-bond acceptors (Lipinski definition) is 6. The van der Waals surface area contributed by atoms with Crippen molar-refractivity contribution < 1.29 is 28.5 Å². The van der Waals surface area contributed by atoms with Crippen molar-refractivity contribution >= 4 is 5.97 Å². The van der Waals surface area contributed by atoms with Crippen LogP contribution in [0.1, 0.15) is 37.1 Å². The first-order valence-corrected chi connectivity index (χ1v) is 9.57. The molecular weight excluding hydrogens is 362 g/mol. The van der Waals surface area contributed by atoms with E-state index in [1.54, 1.807) is 0 Å². The van der Waals surface area contributed by atoms with E-state index in [1.165, 1.54) is 7.11 Å². The molecule has 0 aliphatic heterocycles. The Morgan fingerprint density at radius 1 is 1.25 bits per heavy atom. The Kier molecular flexibility index (Phi) is 7.19. The lowest BCUT2D eigenvalue weighted by Crippen LogP contribution is -2.34. The molecule has 28 heavy (non-hydrogen) atoms. The van der Waals surface area contributed by atoms with Crippen molar-refractivity contribution in [3.05, 3.63) is 41.8 Å². The number of aryl methyl sites for hydroxylation is 1. The van der Waals surface area contributed by atoms with Crippen LogP contribution in [0, 0.1) is 6.92 Å². The number of ether oxygens (including phenoxy) is 3. The highest BCUT2D eigenvalue weighted by Crippen LogP contribution is 2.26. The van der Waals surface area contributed by atoms with Crippen molar-refractivity contribution in [2.45, 2.75) is 57.5 Å². The fourth-order valence-corrected chi connectivity index (χ4v) is 3.33. The number of methoxy groups -OCH3 is 1. The average Bonchev–Trinajstić information content (AvgIpc) is 3.08. The van der Waals surface area contributed by atoms with Crippen LogP contribution < -0.4 is 0 Å². The Balaban J connectivity index is 1.51. The molecule has 3 atom stereocenters. The van der Waals surface area contributed by atoms with E-state index in [-0.39, 0.29) is 18.8 Å². The Bertz CT molecular complexity index is 760. The molecule has 7 nitrogen and oxygen atoms in total. The van der Waals surface area contributed by atoms with Gasteiger partial charge in [0.2, 0.25) is 5.89 Å². The summed E-state index contributed by atoms with van der Waals surface area (Å²) in [7, 11) is 1.37. The van der Waals surface area contributed by atoms with Crippen LogP contribution in [0.15, 0.2) is 34.7 Å². The summed E-state index contributed by atoms with van der Waals surface area (Å²) in [6, 6.07) is 9.78. The molecule has 152 valence electrons. The molecule has 0 radical (unpaired) electrons. The van der Waals surface area contributed by atoms with Crippen molar-refractivity contribution in [1.82, 2.24) is 4.98 Å². The molecule has 0 saturated heterocycles. The van der Waals surface area contributed by atoms with Gasteiger partial charge in [-0.15, -0.1) is 0 Å². The standard InChI is InChI=1S/C21H27NO6/c1-14-18(22-20(28-14)15-7-4-3-5-8-15)12-26-16-9-6-10-17(11-16)27-13-19(25-2)21(23)24/h3-5,7-8,16-17,19H,6,9-13H2,1-2H3,(H,23,24)/t16-,17+,19?/m0/s1. The highest BCUT2D eigenvalue weighted by Gasteiger charge is 2.26. The van der Waals surface area contributed by atoms with Gasteiger partial charge in [0.1, 0.15) is 11.5 Å². The first-order valence-electron chi connectivity index (χ1n) is 9.57. The SMILES string of the molecule is COC(CO[C@@H]1CCC[C@H](OCc2nc(-c3ccccc3)oc2C)C1)C(=O)O. The predicted molar refractivity (Wildman–Crippen MR) is 102 cm³/mol. The maximum absolute atomic E-state index is 11.0. The van der Waals surface area contributed by atoms with Crippen LogP contribution in [0.25, 0.3) is 11.5 Å². The van der Waals surface area contributed by atoms with Crippen molar-refractivity contribution in [3.63, 3.8) is 0 Å². The number of carboxylic acids is 1. The van der Waals surface area contributed by atoms with E-state index in [4.69, 9.17) is 23.7 Å². The molecule has 1 aliphatic carbocycles. The fourth-order valence-electron chi connectivity index (χ4n) is 3.33. The second kappa shape index (κ2) is 9.82. The molecule has 0 bridgehead atoms. The molecule has 1 aliphatic rings. The molecule has 1 aromatic carbocycles. The lowest BCUT2D eigenvalue weighted by Gasteiger charge is -2.29. The number of rotatable bonds is 9. The maximum Gasteiger partial charge on any atom is 0.335 e. The van der Waals surface area contributed by atoms with Crippen molar-refractivity contribution in [1.29, 1.82) is 0 Å². The number of carbonyl (C=O) groups is 1. The van der Waals surface area contributed by atoms with Crippen LogP contribution in [0.5, 0.6) is 0 Å². The number of carboxylic acid groups (broad SMARTS) is 1. The van der Waals surface area contributed by atoms with Gasteiger partial charge in [-0.1, -0.05) is 18.2 Å². The highest BCUT2D eigenvalue weighted by molar-refractivity contribution is 5.72. The van der Waals surface area contributed by atoms with Gasteiger partial charge in [0.25, 0.3) is 0 Å². The van der Waals surface area contributed by atoms with Gasteiger partial charge >= 0.3 is 5.97 Å². The third kappa shape index (κ3) is 5.41. The largest absolute Gasteiger partial charge is 0.479 e. The number of oxazole rings is 1. The summed E-state index contributed by atoms with van der Waals surface area (Å²) in [5.74, 6) is 0.342. The third-order valence-corrected chi connectivity index (χ3v) is 4.99. The Morgan fingerprint density at radius 3 is 2.64 bits per heavy atom. The van der Waals surface area contributed by atoms with Gasteiger partial charge in [0.15, 0.2) is 6.10 Å². The van der Waals surface area contributed by atoms with Crippen molar-refractivity contribution in [2.24, 2.45) is 0 Å². The topological polar surface area (TPSA) is 91.0 Å². The van der Waals surface area contributed by atoms with Crippen LogP contribution in [0.4, 0.5) is 0 Å². The Morgan fingerprint density at radius 2 is 1.96 bits per heavy atom. The third-order valence-electron chi connectivity index (χ3n) is 4.99. The van der Waals surface area contributed by atoms with E-state index >= 15 is 0 Å². The molecule has 1 aromatic heterocycles. The number of benzene rings is 1. The monoisotopic (exact) mass is 389 g/mol. The zero-order valence-corrected chi connectivity index (χ0v) is 16.3. The van der Waals surface area contributed by atoms with Crippen LogP contribution >= 0.6 is 0 Å². The lowest BCUT2D eigenvalue weighted by molar-refractivity contribution is -0.155. The molecule has 7 heteroatoms. The molecule has 1 saturated carbocycles. The summed E-state index contributed by atoms with van der Waals surface area (Å²) in [5, 5.41) is 9.03. The summed E-state index contributed by atoms with van der Waals surface area (Å²) in [6.07, 6.45) is 2.67. The second-order valence-electron chi connectivity index (χ2n) is 7.01. The van der Waals surface area contributed by atoms with Gasteiger partial charge in [-0.3, -0.25) is 0 Å². The fraction of sp³-hybridized carbons (Fsp3) is 0.524. The maximum atomic E-state index is 11.0. The van der Waals surface area contributed by atoms with Gasteiger partial charge in [-0.2, -0.15) is 0 Å². The van der Waals surface area contributed by atoms with Crippen LogP contribution in [0.3, 0.4) is 0 Å². The van der Waals surface area contributed by atoms with Gasteiger partial charge in [0.05, 0.1) is 25.4 Å². The van der Waals surface area contributed by atoms with Crippen molar-refractivity contribution in [2.75, 3.05) is 13.7 Å². The first-order chi connectivity index (χ1) is 13.6. The summed E-state index contributed by atoms with van der Waals surface area (Å²) >= 11 is 0. The molecule has 3 rings (SSSR count). The van der Waals surface area contributed by atoms with E-state index < -0.39 is 12.1 Å². The summed E-state index contributed by atoms with van der Waals surface area (Å²) in [5.41, 5.74) is 1.74. The molecule has 1 unspecified atom stereocenters. The average molecular weight is 389 g/mol. The molecule has 0 amide bonds. The summed E-state index contributed by atoms with van der Waals surface area (Å²) < 4.78 is 22.5. The second-order valence-corrected chi connectivity index (χ2v) is 7.01. The zero-order valence-electron chi connectivity index (χ0n) is 16.3. The number of nitrogens with zero attached hydrogens (tertiary/aromatic N) is 1.